The predicted octanol–water partition coefficient (Wildman–Crippen LogP) is 2.44. The summed E-state index contributed by atoms with van der Waals surface area (Å²) in [6.07, 6.45) is 1.54. The van der Waals surface area contributed by atoms with Crippen LogP contribution in [-0.4, -0.2) is 37.2 Å². The monoisotopic (exact) mass is 360 g/mol. The van der Waals surface area contributed by atoms with E-state index >= 15 is 0 Å². The third-order valence-corrected chi connectivity index (χ3v) is 4.26. The van der Waals surface area contributed by atoms with E-state index in [1.165, 1.54) is 18.0 Å². The fraction of sp³-hybridized carbons (Fsp3) is 0.222. The highest BCUT2D eigenvalue weighted by atomic mass is 32.2. The second kappa shape index (κ2) is 9.71. The molecule has 2 N–H and O–H groups in total. The van der Waals surface area contributed by atoms with Crippen molar-refractivity contribution in [1.29, 1.82) is 0 Å². The number of hydrogen-bond donors (Lipinski definition) is 2. The highest BCUT2D eigenvalue weighted by Gasteiger charge is 2.04. The summed E-state index contributed by atoms with van der Waals surface area (Å²) in [6.45, 7) is -0.0176. The molecule has 0 spiro atoms. The van der Waals surface area contributed by atoms with Crippen LogP contribution in [0.2, 0.25) is 0 Å². The molecule has 132 valence electrons. The highest BCUT2D eigenvalue weighted by molar-refractivity contribution is 8.00. The Morgan fingerprint density at radius 2 is 2.00 bits per heavy atom. The summed E-state index contributed by atoms with van der Waals surface area (Å²) in [4.78, 5) is 12.8. The third kappa shape index (κ3) is 5.81. The molecule has 0 atom stereocenters. The molecule has 6 nitrogen and oxygen atoms in total. The van der Waals surface area contributed by atoms with Gasteiger partial charge in [-0.1, -0.05) is 12.1 Å². The van der Waals surface area contributed by atoms with Crippen LogP contribution in [0.3, 0.4) is 0 Å². The van der Waals surface area contributed by atoms with Gasteiger partial charge in [-0.05, 0) is 41.5 Å². The Kier molecular flexibility index (Phi) is 7.31. The van der Waals surface area contributed by atoms with Crippen molar-refractivity contribution in [2.75, 3.05) is 20.0 Å². The number of aliphatic hydroxyl groups is 1. The molecule has 0 unspecified atom stereocenters. The molecule has 2 aromatic rings. The fourth-order valence-electron chi connectivity index (χ4n) is 2.03. The Morgan fingerprint density at radius 1 is 1.20 bits per heavy atom. The SMILES string of the molecule is COc1ccc(/C=N\NC(=O)CSc2cccc(CO)c2)cc1OC. The highest BCUT2D eigenvalue weighted by Crippen LogP contribution is 2.26. The van der Waals surface area contributed by atoms with E-state index in [0.29, 0.717) is 11.5 Å². The predicted molar refractivity (Wildman–Crippen MR) is 98.4 cm³/mol. The van der Waals surface area contributed by atoms with Crippen LogP contribution in [-0.2, 0) is 11.4 Å². The van der Waals surface area contributed by atoms with Gasteiger partial charge in [0.15, 0.2) is 11.5 Å². The fourth-order valence-corrected chi connectivity index (χ4v) is 2.80. The quantitative estimate of drug-likeness (QED) is 0.429. The third-order valence-electron chi connectivity index (χ3n) is 3.26. The number of nitrogens with one attached hydrogen (secondary N) is 1. The smallest absolute Gasteiger partial charge is 0.250 e. The molecular weight excluding hydrogens is 340 g/mol. The van der Waals surface area contributed by atoms with Gasteiger partial charge < -0.3 is 14.6 Å². The first-order valence-electron chi connectivity index (χ1n) is 7.52. The van der Waals surface area contributed by atoms with Crippen LogP contribution in [0.15, 0.2) is 52.5 Å². The molecule has 0 saturated carbocycles. The molecule has 0 aromatic heterocycles. The molecule has 25 heavy (non-hydrogen) atoms. The van der Waals surface area contributed by atoms with E-state index in [-0.39, 0.29) is 18.3 Å². The molecule has 0 aliphatic rings. The lowest BCUT2D eigenvalue weighted by Crippen LogP contribution is -2.19. The minimum Gasteiger partial charge on any atom is -0.493 e. The van der Waals surface area contributed by atoms with E-state index < -0.39 is 0 Å². The van der Waals surface area contributed by atoms with Crippen molar-refractivity contribution < 1.29 is 19.4 Å². The van der Waals surface area contributed by atoms with E-state index in [9.17, 15) is 4.79 Å². The zero-order valence-corrected chi connectivity index (χ0v) is 14.9. The van der Waals surface area contributed by atoms with Crippen molar-refractivity contribution in [3.05, 3.63) is 53.6 Å². The van der Waals surface area contributed by atoms with E-state index in [1.807, 2.05) is 30.3 Å². The minimum absolute atomic E-state index is 0.0176. The number of rotatable bonds is 8. The van der Waals surface area contributed by atoms with Crippen molar-refractivity contribution in [1.82, 2.24) is 5.43 Å². The molecule has 0 aliphatic carbocycles. The normalized spacial score (nSPS) is 10.7. The van der Waals surface area contributed by atoms with Crippen LogP contribution in [0.1, 0.15) is 11.1 Å². The van der Waals surface area contributed by atoms with E-state index in [2.05, 4.69) is 10.5 Å². The molecular formula is C18H20N2O4S. The average Bonchev–Trinajstić information content (AvgIpc) is 2.66. The first kappa shape index (κ1) is 18.8. The summed E-state index contributed by atoms with van der Waals surface area (Å²) in [5.74, 6) is 1.25. The van der Waals surface area contributed by atoms with Crippen LogP contribution in [0, 0.1) is 0 Å². The van der Waals surface area contributed by atoms with Gasteiger partial charge >= 0.3 is 0 Å². The number of aliphatic hydroxyl groups excluding tert-OH is 1. The van der Waals surface area contributed by atoms with Gasteiger partial charge in [0.1, 0.15) is 0 Å². The Bertz CT molecular complexity index is 750. The number of nitrogens with zero attached hydrogens (tertiary/aromatic N) is 1. The lowest BCUT2D eigenvalue weighted by molar-refractivity contribution is -0.118. The number of hydrazone groups is 1. The molecule has 2 rings (SSSR count). The number of methoxy groups -OCH3 is 2. The van der Waals surface area contributed by atoms with Gasteiger partial charge in [0.2, 0.25) is 5.91 Å². The minimum atomic E-state index is -0.212. The maximum absolute atomic E-state index is 11.8. The van der Waals surface area contributed by atoms with Gasteiger partial charge in [-0.2, -0.15) is 5.10 Å². The Labute approximate surface area is 150 Å². The summed E-state index contributed by atoms with van der Waals surface area (Å²) in [5.41, 5.74) is 4.08. The zero-order chi connectivity index (χ0) is 18.1. The Hall–Kier alpha value is -2.51. The van der Waals surface area contributed by atoms with Gasteiger partial charge in [0, 0.05) is 4.90 Å². The molecule has 0 saturated heterocycles. The molecule has 2 aromatic carbocycles. The van der Waals surface area contributed by atoms with Gasteiger partial charge in [-0.15, -0.1) is 11.8 Å². The number of ether oxygens (including phenoxy) is 2. The first-order chi connectivity index (χ1) is 12.2. The van der Waals surface area contributed by atoms with E-state index in [1.54, 1.807) is 26.4 Å². The van der Waals surface area contributed by atoms with Gasteiger partial charge in [-0.3, -0.25) is 4.79 Å². The summed E-state index contributed by atoms with van der Waals surface area (Å²) >= 11 is 1.38. The Balaban J connectivity index is 1.85. The van der Waals surface area contributed by atoms with Crippen molar-refractivity contribution in [3.8, 4) is 11.5 Å². The maximum Gasteiger partial charge on any atom is 0.250 e. The second-order valence-corrected chi connectivity index (χ2v) is 6.05. The van der Waals surface area contributed by atoms with Crippen LogP contribution >= 0.6 is 11.8 Å². The average molecular weight is 360 g/mol. The first-order valence-corrected chi connectivity index (χ1v) is 8.51. The number of amides is 1. The Morgan fingerprint density at radius 3 is 2.72 bits per heavy atom. The largest absolute Gasteiger partial charge is 0.493 e. The van der Waals surface area contributed by atoms with Crippen molar-refractivity contribution in [2.45, 2.75) is 11.5 Å². The van der Waals surface area contributed by atoms with Crippen molar-refractivity contribution in [2.24, 2.45) is 5.10 Å². The van der Waals surface area contributed by atoms with E-state index in [4.69, 9.17) is 14.6 Å². The number of hydrogen-bond acceptors (Lipinski definition) is 6. The molecule has 1 amide bonds. The molecule has 7 heteroatoms. The van der Waals surface area contributed by atoms with Crippen LogP contribution in [0.5, 0.6) is 11.5 Å². The second-order valence-electron chi connectivity index (χ2n) is 5.00. The molecule has 0 fully saturated rings. The lowest BCUT2D eigenvalue weighted by atomic mass is 10.2. The number of carbonyl (C=O) groups excluding carboxylic acids is 1. The van der Waals surface area contributed by atoms with Crippen LogP contribution in [0.4, 0.5) is 0 Å². The summed E-state index contributed by atoms with van der Waals surface area (Å²) in [7, 11) is 3.13. The van der Waals surface area contributed by atoms with Crippen LogP contribution < -0.4 is 14.9 Å². The van der Waals surface area contributed by atoms with E-state index in [0.717, 1.165) is 16.0 Å². The number of thioether (sulfide) groups is 1. The summed E-state index contributed by atoms with van der Waals surface area (Å²) < 4.78 is 10.4. The molecule has 0 bridgehead atoms. The zero-order valence-electron chi connectivity index (χ0n) is 14.1. The summed E-state index contributed by atoms with van der Waals surface area (Å²) in [6, 6.07) is 12.8. The lowest BCUT2D eigenvalue weighted by Gasteiger charge is -2.07. The van der Waals surface area contributed by atoms with Crippen molar-refractivity contribution >= 4 is 23.9 Å². The number of carbonyl (C=O) groups is 1. The number of benzene rings is 2. The van der Waals surface area contributed by atoms with Crippen LogP contribution in [0.25, 0.3) is 0 Å². The van der Waals surface area contributed by atoms with Gasteiger partial charge in [0.25, 0.3) is 0 Å². The maximum atomic E-state index is 11.8. The molecule has 0 heterocycles. The van der Waals surface area contributed by atoms with Gasteiger partial charge in [0.05, 0.1) is 32.8 Å². The standard InChI is InChI=1S/C18H20N2O4S/c1-23-16-7-6-13(9-17(16)24-2)10-19-20-18(22)12-25-15-5-3-4-14(8-15)11-21/h3-10,21H,11-12H2,1-2H3,(H,20,22)/b19-10-. The van der Waals surface area contributed by atoms with Gasteiger partial charge in [-0.25, -0.2) is 5.43 Å². The van der Waals surface area contributed by atoms with Crippen molar-refractivity contribution in [3.63, 3.8) is 0 Å². The molecule has 0 radical (unpaired) electrons. The molecule has 0 aliphatic heterocycles. The summed E-state index contributed by atoms with van der Waals surface area (Å²) in [5, 5.41) is 13.1. The topological polar surface area (TPSA) is 80.2 Å².